The molecule has 0 aliphatic carbocycles. The average Bonchev–Trinajstić information content (AvgIpc) is 2.75. The second-order valence-corrected chi connectivity index (χ2v) is 4.93. The molecule has 0 saturated carbocycles. The number of H-pyrrole nitrogens is 1. The SMILES string of the molecule is O=S(=O)(Nc1ccc(Cl)nc1)c1ccn[nH]1. The Kier molecular flexibility index (Phi) is 2.80. The highest BCUT2D eigenvalue weighted by Crippen LogP contribution is 2.14. The van der Waals surface area contributed by atoms with Crippen molar-refractivity contribution in [2.45, 2.75) is 5.03 Å². The maximum absolute atomic E-state index is 11.7. The van der Waals surface area contributed by atoms with E-state index in [1.807, 2.05) is 0 Å². The zero-order valence-electron chi connectivity index (χ0n) is 7.88. The van der Waals surface area contributed by atoms with Crippen molar-refractivity contribution < 1.29 is 8.42 Å². The standard InChI is InChI=1S/C8H7ClN4O2S/c9-7-2-1-6(5-10-7)13-16(14,15)8-3-4-11-12-8/h1-5,13H,(H,11,12). The molecular weight excluding hydrogens is 252 g/mol. The summed E-state index contributed by atoms with van der Waals surface area (Å²) in [4.78, 5) is 3.76. The van der Waals surface area contributed by atoms with Gasteiger partial charge in [0.15, 0.2) is 5.03 Å². The fourth-order valence-electron chi connectivity index (χ4n) is 1.04. The lowest BCUT2D eigenvalue weighted by molar-refractivity contribution is 0.597. The van der Waals surface area contributed by atoms with E-state index >= 15 is 0 Å². The maximum Gasteiger partial charge on any atom is 0.278 e. The second-order valence-electron chi connectivity index (χ2n) is 2.90. The molecule has 2 rings (SSSR count). The van der Waals surface area contributed by atoms with Crippen LogP contribution in [0.3, 0.4) is 0 Å². The Morgan fingerprint density at radius 1 is 1.31 bits per heavy atom. The van der Waals surface area contributed by atoms with Crippen LogP contribution in [0, 0.1) is 0 Å². The van der Waals surface area contributed by atoms with Gasteiger partial charge in [-0.2, -0.15) is 13.5 Å². The summed E-state index contributed by atoms with van der Waals surface area (Å²) in [6, 6.07) is 4.36. The molecule has 0 spiro atoms. The minimum absolute atomic E-state index is 0.0116. The molecular formula is C8H7ClN4O2S. The van der Waals surface area contributed by atoms with E-state index in [-0.39, 0.29) is 5.03 Å². The van der Waals surface area contributed by atoms with Crippen molar-refractivity contribution in [1.82, 2.24) is 15.2 Å². The summed E-state index contributed by atoms with van der Waals surface area (Å²) in [5.41, 5.74) is 0.332. The smallest absolute Gasteiger partial charge is 0.277 e. The molecule has 2 N–H and O–H groups in total. The first-order chi connectivity index (χ1) is 7.58. The molecule has 2 heterocycles. The Hall–Kier alpha value is -1.60. The van der Waals surface area contributed by atoms with Gasteiger partial charge in [-0.05, 0) is 18.2 Å². The Bertz CT molecular complexity index is 565. The van der Waals surface area contributed by atoms with Gasteiger partial charge < -0.3 is 0 Å². The van der Waals surface area contributed by atoms with E-state index in [1.165, 1.54) is 30.6 Å². The number of aromatic amines is 1. The Labute approximate surface area is 96.7 Å². The summed E-state index contributed by atoms with van der Waals surface area (Å²) in [5.74, 6) is 0. The van der Waals surface area contributed by atoms with Crippen LogP contribution in [0.15, 0.2) is 35.6 Å². The molecule has 0 unspecified atom stereocenters. The number of rotatable bonds is 3. The van der Waals surface area contributed by atoms with E-state index in [0.29, 0.717) is 10.8 Å². The third-order valence-corrected chi connectivity index (χ3v) is 3.28. The number of hydrogen-bond acceptors (Lipinski definition) is 4. The highest BCUT2D eigenvalue weighted by Gasteiger charge is 2.15. The number of anilines is 1. The molecule has 0 aromatic carbocycles. The molecule has 0 aliphatic rings. The summed E-state index contributed by atoms with van der Waals surface area (Å²) >= 11 is 5.58. The monoisotopic (exact) mass is 258 g/mol. The molecule has 0 amide bonds. The minimum Gasteiger partial charge on any atom is -0.277 e. The van der Waals surface area contributed by atoms with Crippen molar-refractivity contribution in [3.05, 3.63) is 35.7 Å². The van der Waals surface area contributed by atoms with E-state index in [9.17, 15) is 8.42 Å². The van der Waals surface area contributed by atoms with Crippen molar-refractivity contribution in [1.29, 1.82) is 0 Å². The van der Waals surface area contributed by atoms with Crippen molar-refractivity contribution >= 4 is 27.3 Å². The van der Waals surface area contributed by atoms with Gasteiger partial charge in [-0.3, -0.25) is 9.82 Å². The minimum atomic E-state index is -3.63. The molecule has 16 heavy (non-hydrogen) atoms. The van der Waals surface area contributed by atoms with Crippen molar-refractivity contribution in [2.24, 2.45) is 0 Å². The summed E-state index contributed by atoms with van der Waals surface area (Å²) in [5, 5.41) is 6.21. The summed E-state index contributed by atoms with van der Waals surface area (Å²) in [6.45, 7) is 0. The third-order valence-electron chi connectivity index (χ3n) is 1.74. The molecule has 0 bridgehead atoms. The Morgan fingerprint density at radius 3 is 2.69 bits per heavy atom. The fraction of sp³-hybridized carbons (Fsp3) is 0. The molecule has 2 aromatic heterocycles. The second kappa shape index (κ2) is 4.11. The maximum atomic E-state index is 11.7. The molecule has 8 heteroatoms. The molecule has 2 aromatic rings. The van der Waals surface area contributed by atoms with Gasteiger partial charge in [-0.1, -0.05) is 11.6 Å². The normalized spacial score (nSPS) is 11.3. The lowest BCUT2D eigenvalue weighted by Crippen LogP contribution is -2.13. The van der Waals surface area contributed by atoms with E-state index in [2.05, 4.69) is 19.9 Å². The number of nitrogens with one attached hydrogen (secondary N) is 2. The van der Waals surface area contributed by atoms with Gasteiger partial charge in [0.2, 0.25) is 0 Å². The topological polar surface area (TPSA) is 87.7 Å². The summed E-state index contributed by atoms with van der Waals surface area (Å²) in [6.07, 6.45) is 2.69. The van der Waals surface area contributed by atoms with E-state index < -0.39 is 10.0 Å². The Morgan fingerprint density at radius 2 is 2.12 bits per heavy atom. The number of nitrogens with zero attached hydrogens (tertiary/aromatic N) is 2. The zero-order chi connectivity index (χ0) is 11.6. The predicted octanol–water partition coefficient (Wildman–Crippen LogP) is 1.26. The van der Waals surface area contributed by atoms with Crippen LogP contribution in [0.4, 0.5) is 5.69 Å². The van der Waals surface area contributed by atoms with Gasteiger partial charge in [0.1, 0.15) is 5.15 Å². The van der Waals surface area contributed by atoms with Crippen LogP contribution in [0.1, 0.15) is 0 Å². The molecule has 0 radical (unpaired) electrons. The number of pyridine rings is 1. The lowest BCUT2D eigenvalue weighted by Gasteiger charge is -2.04. The molecule has 0 atom stereocenters. The molecule has 6 nitrogen and oxygen atoms in total. The van der Waals surface area contributed by atoms with Crippen molar-refractivity contribution in [3.8, 4) is 0 Å². The Balaban J connectivity index is 2.25. The van der Waals surface area contributed by atoms with Gasteiger partial charge in [-0.15, -0.1) is 0 Å². The van der Waals surface area contributed by atoms with Crippen LogP contribution in [0.25, 0.3) is 0 Å². The largest absolute Gasteiger partial charge is 0.278 e. The van der Waals surface area contributed by atoms with Crippen LogP contribution < -0.4 is 4.72 Å². The quantitative estimate of drug-likeness (QED) is 0.812. The van der Waals surface area contributed by atoms with Crippen molar-refractivity contribution in [3.63, 3.8) is 0 Å². The fourth-order valence-corrected chi connectivity index (χ4v) is 2.10. The summed E-state index contributed by atoms with van der Waals surface area (Å²) in [7, 11) is -3.63. The lowest BCUT2D eigenvalue weighted by atomic mass is 10.4. The van der Waals surface area contributed by atoms with Gasteiger partial charge in [0, 0.05) is 0 Å². The molecule has 0 fully saturated rings. The number of aromatic nitrogens is 3. The van der Waals surface area contributed by atoms with Gasteiger partial charge in [0.05, 0.1) is 18.1 Å². The van der Waals surface area contributed by atoms with E-state index in [0.717, 1.165) is 0 Å². The van der Waals surface area contributed by atoms with Gasteiger partial charge >= 0.3 is 0 Å². The molecule has 0 aliphatic heterocycles. The van der Waals surface area contributed by atoms with Crippen molar-refractivity contribution in [2.75, 3.05) is 4.72 Å². The first-order valence-corrected chi connectivity index (χ1v) is 6.08. The van der Waals surface area contributed by atoms with E-state index in [1.54, 1.807) is 0 Å². The van der Waals surface area contributed by atoms with Crippen LogP contribution in [-0.2, 0) is 10.0 Å². The zero-order valence-corrected chi connectivity index (χ0v) is 9.46. The van der Waals surface area contributed by atoms with Crippen LogP contribution in [0.2, 0.25) is 5.15 Å². The average molecular weight is 259 g/mol. The predicted molar refractivity (Wildman–Crippen MR) is 58.6 cm³/mol. The first kappa shape index (κ1) is 10.9. The number of hydrogen-bond donors (Lipinski definition) is 2. The third kappa shape index (κ3) is 2.31. The van der Waals surface area contributed by atoms with E-state index in [4.69, 9.17) is 11.6 Å². The summed E-state index contributed by atoms with van der Waals surface area (Å²) < 4.78 is 25.7. The highest BCUT2D eigenvalue weighted by molar-refractivity contribution is 7.92. The van der Waals surface area contributed by atoms with Crippen LogP contribution in [-0.4, -0.2) is 23.6 Å². The van der Waals surface area contributed by atoms with Gasteiger partial charge in [0.25, 0.3) is 10.0 Å². The van der Waals surface area contributed by atoms with Crippen LogP contribution >= 0.6 is 11.6 Å². The number of sulfonamides is 1. The highest BCUT2D eigenvalue weighted by atomic mass is 35.5. The van der Waals surface area contributed by atoms with Crippen LogP contribution in [0.5, 0.6) is 0 Å². The van der Waals surface area contributed by atoms with Gasteiger partial charge in [-0.25, -0.2) is 4.98 Å². The first-order valence-electron chi connectivity index (χ1n) is 4.22. The number of halogens is 1. The molecule has 0 saturated heterocycles. The molecule has 84 valence electrons.